The van der Waals surface area contributed by atoms with Gasteiger partial charge in [-0.3, -0.25) is 0 Å². The molecule has 1 atom stereocenters. The predicted molar refractivity (Wildman–Crippen MR) is 132 cm³/mol. The molecule has 0 aliphatic heterocycles. The van der Waals surface area contributed by atoms with E-state index in [2.05, 4.69) is 77.8 Å². The van der Waals surface area contributed by atoms with Crippen molar-refractivity contribution in [1.82, 2.24) is 25.4 Å². The van der Waals surface area contributed by atoms with Crippen LogP contribution in [0.25, 0.3) is 0 Å². The van der Waals surface area contributed by atoms with Crippen LogP contribution in [0.4, 0.5) is 5.69 Å². The van der Waals surface area contributed by atoms with E-state index in [9.17, 15) is 0 Å². The van der Waals surface area contributed by atoms with E-state index in [0.29, 0.717) is 18.5 Å². The lowest BCUT2D eigenvalue weighted by molar-refractivity contribution is 0.480. The molecule has 0 fully saturated rings. The number of halogens is 1. The molecule has 1 aromatic carbocycles. The van der Waals surface area contributed by atoms with Crippen LogP contribution in [-0.2, 0) is 13.6 Å². The summed E-state index contributed by atoms with van der Waals surface area (Å²) in [7, 11) is 4.09. The van der Waals surface area contributed by atoms with E-state index in [-0.39, 0.29) is 24.0 Å². The predicted octanol–water partition coefficient (Wildman–Crippen LogP) is 3.35. The van der Waals surface area contributed by atoms with E-state index in [1.54, 1.807) is 0 Å². The highest BCUT2D eigenvalue weighted by atomic mass is 127. The number of rotatable bonds is 9. The van der Waals surface area contributed by atoms with E-state index in [1.807, 2.05) is 24.6 Å². The van der Waals surface area contributed by atoms with Crippen molar-refractivity contribution in [2.75, 3.05) is 25.0 Å². The minimum atomic E-state index is 0. The van der Waals surface area contributed by atoms with Crippen molar-refractivity contribution >= 4 is 35.6 Å². The van der Waals surface area contributed by atoms with Gasteiger partial charge < -0.3 is 20.1 Å². The Morgan fingerprint density at radius 1 is 1.17 bits per heavy atom. The molecule has 2 N–H and O–H groups in total. The summed E-state index contributed by atoms with van der Waals surface area (Å²) < 4.78 is 1.97. The molecule has 162 valence electrons. The molecule has 0 bridgehead atoms. The molecule has 0 spiro atoms. The summed E-state index contributed by atoms with van der Waals surface area (Å²) in [5, 5.41) is 15.3. The minimum absolute atomic E-state index is 0. The average molecular weight is 513 g/mol. The van der Waals surface area contributed by atoms with Gasteiger partial charge in [-0.1, -0.05) is 32.0 Å². The van der Waals surface area contributed by atoms with Crippen LogP contribution < -0.4 is 15.5 Å². The van der Waals surface area contributed by atoms with Crippen LogP contribution in [0.2, 0.25) is 0 Å². The van der Waals surface area contributed by atoms with Crippen molar-refractivity contribution in [3.05, 3.63) is 42.0 Å². The Morgan fingerprint density at radius 2 is 1.86 bits per heavy atom. The van der Waals surface area contributed by atoms with Crippen LogP contribution in [0.5, 0.6) is 0 Å². The third kappa shape index (κ3) is 8.20. The number of nitrogens with one attached hydrogen (secondary N) is 2. The molecule has 1 unspecified atom stereocenters. The summed E-state index contributed by atoms with van der Waals surface area (Å²) in [6.07, 6.45) is 1.02. The maximum atomic E-state index is 4.72. The molecule has 29 heavy (non-hydrogen) atoms. The fraction of sp³-hybridized carbons (Fsp3) is 0.571. The molecule has 0 saturated heterocycles. The zero-order valence-electron chi connectivity index (χ0n) is 18.5. The standard InChI is InChI=1S/C21H35N7.HI/c1-16(2)17(3)24-21(23-15-20-26-25-18(4)28(20)6)22-13-10-14-27(5)19-11-8-7-9-12-19;/h7-9,11-12,16-17H,10,13-15H2,1-6H3,(H2,22,23,24);1H. The maximum Gasteiger partial charge on any atom is 0.191 e. The second-order valence-corrected chi connectivity index (χ2v) is 7.60. The van der Waals surface area contributed by atoms with Gasteiger partial charge in [-0.25, -0.2) is 4.99 Å². The second-order valence-electron chi connectivity index (χ2n) is 7.60. The number of aliphatic imine (C=N–C) groups is 1. The van der Waals surface area contributed by atoms with E-state index < -0.39 is 0 Å². The maximum absolute atomic E-state index is 4.72. The van der Waals surface area contributed by atoms with Crippen molar-refractivity contribution in [1.29, 1.82) is 0 Å². The quantitative estimate of drug-likeness (QED) is 0.233. The number of benzene rings is 1. The van der Waals surface area contributed by atoms with Crippen LogP contribution in [0.3, 0.4) is 0 Å². The van der Waals surface area contributed by atoms with E-state index >= 15 is 0 Å². The number of aryl methyl sites for hydroxylation is 1. The Labute approximate surface area is 192 Å². The minimum Gasteiger partial charge on any atom is -0.375 e. The zero-order valence-corrected chi connectivity index (χ0v) is 20.8. The Kier molecular flexibility index (Phi) is 11.0. The average Bonchev–Trinajstić information content (AvgIpc) is 3.01. The smallest absolute Gasteiger partial charge is 0.191 e. The number of anilines is 1. The monoisotopic (exact) mass is 513 g/mol. The Bertz CT molecular complexity index is 743. The summed E-state index contributed by atoms with van der Waals surface area (Å²) in [4.78, 5) is 6.99. The SMILES string of the molecule is Cc1nnc(CN=C(NCCCN(C)c2ccccc2)NC(C)C(C)C)n1C.I. The van der Waals surface area contributed by atoms with Crippen molar-refractivity contribution in [2.45, 2.75) is 46.7 Å². The highest BCUT2D eigenvalue weighted by Crippen LogP contribution is 2.10. The van der Waals surface area contributed by atoms with Gasteiger partial charge in [-0.2, -0.15) is 0 Å². The van der Waals surface area contributed by atoms with Crippen LogP contribution in [0.1, 0.15) is 38.8 Å². The molecule has 8 heteroatoms. The second kappa shape index (κ2) is 12.7. The summed E-state index contributed by atoms with van der Waals surface area (Å²) in [5.74, 6) is 3.10. The molecule has 0 radical (unpaired) electrons. The molecule has 7 nitrogen and oxygen atoms in total. The zero-order chi connectivity index (χ0) is 20.5. The first-order valence-corrected chi connectivity index (χ1v) is 10.0. The largest absolute Gasteiger partial charge is 0.375 e. The number of hydrogen-bond donors (Lipinski definition) is 2. The summed E-state index contributed by atoms with van der Waals surface area (Å²) in [5.41, 5.74) is 1.24. The third-order valence-electron chi connectivity index (χ3n) is 5.09. The Morgan fingerprint density at radius 3 is 2.45 bits per heavy atom. The van der Waals surface area contributed by atoms with Crippen LogP contribution in [0.15, 0.2) is 35.3 Å². The Hall–Kier alpha value is -1.84. The van der Waals surface area contributed by atoms with Gasteiger partial charge in [0, 0.05) is 38.9 Å². The summed E-state index contributed by atoms with van der Waals surface area (Å²) in [6, 6.07) is 10.8. The van der Waals surface area contributed by atoms with Crippen molar-refractivity contribution in [3.8, 4) is 0 Å². The first-order chi connectivity index (χ1) is 13.4. The number of aromatic nitrogens is 3. The van der Waals surface area contributed by atoms with Crippen LogP contribution >= 0.6 is 24.0 Å². The molecule has 2 rings (SSSR count). The van der Waals surface area contributed by atoms with E-state index in [0.717, 1.165) is 37.1 Å². The van der Waals surface area contributed by atoms with Crippen LogP contribution in [-0.4, -0.2) is 46.9 Å². The lowest BCUT2D eigenvalue weighted by atomic mass is 10.1. The number of nitrogens with zero attached hydrogens (tertiary/aromatic N) is 5. The highest BCUT2D eigenvalue weighted by molar-refractivity contribution is 14.0. The van der Waals surface area contributed by atoms with Crippen molar-refractivity contribution in [2.24, 2.45) is 18.0 Å². The van der Waals surface area contributed by atoms with Crippen molar-refractivity contribution < 1.29 is 0 Å². The van der Waals surface area contributed by atoms with Gasteiger partial charge in [0.05, 0.1) is 0 Å². The first kappa shape index (κ1) is 25.2. The molecule has 1 heterocycles. The van der Waals surface area contributed by atoms with Gasteiger partial charge in [-0.05, 0) is 38.3 Å². The topological polar surface area (TPSA) is 70.4 Å². The molecule has 0 aliphatic rings. The molecule has 0 amide bonds. The van der Waals surface area contributed by atoms with Gasteiger partial charge in [0.15, 0.2) is 11.8 Å². The first-order valence-electron chi connectivity index (χ1n) is 10.0. The van der Waals surface area contributed by atoms with Crippen molar-refractivity contribution in [3.63, 3.8) is 0 Å². The lowest BCUT2D eigenvalue weighted by Gasteiger charge is -2.22. The van der Waals surface area contributed by atoms with Crippen LogP contribution in [0, 0.1) is 12.8 Å². The Balaban J connectivity index is 0.00000420. The molecular weight excluding hydrogens is 477 g/mol. The molecule has 1 aromatic heterocycles. The fourth-order valence-corrected chi connectivity index (χ4v) is 2.61. The van der Waals surface area contributed by atoms with E-state index in [1.165, 1.54) is 5.69 Å². The fourth-order valence-electron chi connectivity index (χ4n) is 2.61. The van der Waals surface area contributed by atoms with Gasteiger partial charge in [-0.15, -0.1) is 34.2 Å². The summed E-state index contributed by atoms with van der Waals surface area (Å²) >= 11 is 0. The normalized spacial score (nSPS) is 12.4. The lowest BCUT2D eigenvalue weighted by Crippen LogP contribution is -2.45. The molecule has 0 saturated carbocycles. The third-order valence-corrected chi connectivity index (χ3v) is 5.09. The molecular formula is C21H36IN7. The molecule has 2 aromatic rings. The summed E-state index contributed by atoms with van der Waals surface area (Å²) in [6.45, 7) is 10.9. The number of hydrogen-bond acceptors (Lipinski definition) is 4. The molecule has 0 aliphatic carbocycles. The van der Waals surface area contributed by atoms with Gasteiger partial charge in [0.2, 0.25) is 0 Å². The highest BCUT2D eigenvalue weighted by Gasteiger charge is 2.10. The van der Waals surface area contributed by atoms with Gasteiger partial charge in [0.25, 0.3) is 0 Å². The number of para-hydroxylation sites is 1. The number of guanidine groups is 1. The van der Waals surface area contributed by atoms with E-state index in [4.69, 9.17) is 4.99 Å². The van der Waals surface area contributed by atoms with Gasteiger partial charge >= 0.3 is 0 Å². The van der Waals surface area contributed by atoms with Gasteiger partial charge in [0.1, 0.15) is 12.4 Å².